The molecule has 0 aliphatic heterocycles. The van der Waals surface area contributed by atoms with Crippen LogP contribution in [0.2, 0.25) is 0 Å². The lowest BCUT2D eigenvalue weighted by molar-refractivity contribution is -0.120. The van der Waals surface area contributed by atoms with Gasteiger partial charge in [-0.1, -0.05) is 11.2 Å². The summed E-state index contributed by atoms with van der Waals surface area (Å²) in [4.78, 5) is 36.8. The fraction of sp³-hybridized carbons (Fsp3) is 0.250. The van der Waals surface area contributed by atoms with Crippen LogP contribution in [0.1, 0.15) is 23.0 Å². The van der Waals surface area contributed by atoms with Crippen molar-refractivity contribution < 1.29 is 23.6 Å². The van der Waals surface area contributed by atoms with Gasteiger partial charge in [-0.2, -0.15) is 0 Å². The van der Waals surface area contributed by atoms with Crippen LogP contribution in [0.3, 0.4) is 0 Å². The van der Waals surface area contributed by atoms with Crippen molar-refractivity contribution in [2.24, 2.45) is 0 Å². The highest BCUT2D eigenvalue weighted by Gasteiger charge is 2.18. The zero-order chi connectivity index (χ0) is 17.7. The number of rotatable bonds is 5. The molecule has 2 aromatic rings. The van der Waals surface area contributed by atoms with Crippen molar-refractivity contribution in [2.75, 3.05) is 23.9 Å². The minimum atomic E-state index is -0.525. The number of nitrogens with one attached hydrogen (secondary N) is 1. The highest BCUT2D eigenvalue weighted by Crippen LogP contribution is 2.17. The van der Waals surface area contributed by atoms with Gasteiger partial charge in [0.1, 0.15) is 12.3 Å². The topological polar surface area (TPSA) is 102 Å². The molecule has 1 aromatic heterocycles. The Morgan fingerprint density at radius 2 is 2.04 bits per heavy atom. The van der Waals surface area contributed by atoms with Gasteiger partial charge in [0.25, 0.3) is 0 Å². The summed E-state index contributed by atoms with van der Waals surface area (Å²) in [6, 6.07) is 7.85. The standard InChI is InChI=1S/C16H17N3O5/c1-10-7-14(18-24-10)17-15(21)9-19(11(2)20)13-6-4-5-12(8-13)16(22)23-3/h4-8H,9H2,1-3H3,(H,17,18,21). The number of amides is 2. The SMILES string of the molecule is COC(=O)c1cccc(N(CC(=O)Nc2cc(C)on2)C(C)=O)c1. The fourth-order valence-corrected chi connectivity index (χ4v) is 2.05. The van der Waals surface area contributed by atoms with Gasteiger partial charge < -0.3 is 19.5 Å². The Bertz CT molecular complexity index is 769. The van der Waals surface area contributed by atoms with E-state index in [2.05, 4.69) is 15.2 Å². The summed E-state index contributed by atoms with van der Waals surface area (Å²) in [6.45, 7) is 2.80. The van der Waals surface area contributed by atoms with E-state index >= 15 is 0 Å². The summed E-state index contributed by atoms with van der Waals surface area (Å²) in [5.41, 5.74) is 0.700. The second-order valence-corrected chi connectivity index (χ2v) is 5.02. The van der Waals surface area contributed by atoms with E-state index in [4.69, 9.17) is 4.52 Å². The highest BCUT2D eigenvalue weighted by molar-refractivity contribution is 6.02. The van der Waals surface area contributed by atoms with Gasteiger partial charge in [0, 0.05) is 18.7 Å². The van der Waals surface area contributed by atoms with Crippen molar-refractivity contribution in [3.8, 4) is 0 Å². The number of methoxy groups -OCH3 is 1. The maximum absolute atomic E-state index is 12.1. The van der Waals surface area contributed by atoms with Crippen LogP contribution in [0.4, 0.5) is 11.5 Å². The predicted octanol–water partition coefficient (Wildman–Crippen LogP) is 1.76. The quantitative estimate of drug-likeness (QED) is 0.838. The lowest BCUT2D eigenvalue weighted by Crippen LogP contribution is -2.36. The molecule has 0 aliphatic carbocycles. The molecule has 0 unspecified atom stereocenters. The molecule has 8 nitrogen and oxygen atoms in total. The number of anilines is 2. The molecule has 126 valence electrons. The van der Waals surface area contributed by atoms with Crippen molar-refractivity contribution in [1.29, 1.82) is 0 Å². The summed E-state index contributed by atoms with van der Waals surface area (Å²) in [5.74, 6) is -0.489. The second kappa shape index (κ2) is 7.40. The van der Waals surface area contributed by atoms with Crippen molar-refractivity contribution >= 4 is 29.3 Å². The highest BCUT2D eigenvalue weighted by atomic mass is 16.5. The molecule has 0 atom stereocenters. The van der Waals surface area contributed by atoms with Crippen molar-refractivity contribution in [1.82, 2.24) is 5.16 Å². The first-order valence-electron chi connectivity index (χ1n) is 7.10. The number of aromatic nitrogens is 1. The van der Waals surface area contributed by atoms with Crippen LogP contribution in [-0.2, 0) is 14.3 Å². The Morgan fingerprint density at radius 1 is 1.29 bits per heavy atom. The first kappa shape index (κ1) is 17.2. The van der Waals surface area contributed by atoms with Gasteiger partial charge in [-0.15, -0.1) is 0 Å². The average molecular weight is 331 g/mol. The van der Waals surface area contributed by atoms with Crippen molar-refractivity contribution in [2.45, 2.75) is 13.8 Å². The average Bonchev–Trinajstić information content (AvgIpc) is 2.96. The van der Waals surface area contributed by atoms with Crippen LogP contribution in [-0.4, -0.2) is 36.6 Å². The number of nitrogens with zero attached hydrogens (tertiary/aromatic N) is 2. The van der Waals surface area contributed by atoms with Crippen molar-refractivity contribution in [3.05, 3.63) is 41.7 Å². The molecule has 2 amide bonds. The van der Waals surface area contributed by atoms with Crippen LogP contribution in [0, 0.1) is 6.92 Å². The third-order valence-corrected chi connectivity index (χ3v) is 3.16. The van der Waals surface area contributed by atoms with E-state index in [-0.39, 0.29) is 23.8 Å². The number of aryl methyl sites for hydroxylation is 1. The van der Waals surface area contributed by atoms with Gasteiger partial charge >= 0.3 is 5.97 Å². The molecule has 0 bridgehead atoms. The Kier molecular flexibility index (Phi) is 5.31. The third kappa shape index (κ3) is 4.19. The number of carbonyl (C=O) groups excluding carboxylic acids is 3. The molecular weight excluding hydrogens is 314 g/mol. The normalized spacial score (nSPS) is 10.1. The second-order valence-electron chi connectivity index (χ2n) is 5.02. The van der Waals surface area contributed by atoms with Crippen LogP contribution in [0.5, 0.6) is 0 Å². The third-order valence-electron chi connectivity index (χ3n) is 3.16. The number of hydrogen-bond acceptors (Lipinski definition) is 6. The van der Waals surface area contributed by atoms with E-state index in [1.54, 1.807) is 31.2 Å². The molecule has 1 heterocycles. The fourth-order valence-electron chi connectivity index (χ4n) is 2.05. The Labute approximate surface area is 138 Å². The maximum atomic E-state index is 12.1. The Hall–Kier alpha value is -3.16. The van der Waals surface area contributed by atoms with E-state index in [1.807, 2.05) is 0 Å². The molecule has 0 aliphatic rings. The van der Waals surface area contributed by atoms with Crippen LogP contribution in [0.25, 0.3) is 0 Å². The van der Waals surface area contributed by atoms with E-state index in [9.17, 15) is 14.4 Å². The van der Waals surface area contributed by atoms with Crippen LogP contribution in [0.15, 0.2) is 34.9 Å². The van der Waals surface area contributed by atoms with E-state index in [0.29, 0.717) is 11.4 Å². The number of hydrogen-bond donors (Lipinski definition) is 1. The predicted molar refractivity (Wildman–Crippen MR) is 85.7 cm³/mol. The first-order valence-corrected chi connectivity index (χ1v) is 7.10. The molecule has 0 saturated carbocycles. The van der Waals surface area contributed by atoms with Gasteiger partial charge in [-0.3, -0.25) is 9.59 Å². The number of ether oxygens (including phenoxy) is 1. The number of esters is 1. The van der Waals surface area contributed by atoms with Gasteiger partial charge in [-0.05, 0) is 25.1 Å². The molecule has 0 saturated heterocycles. The number of benzene rings is 1. The summed E-state index contributed by atoms with van der Waals surface area (Å²) < 4.78 is 9.51. The first-order chi connectivity index (χ1) is 11.4. The number of carbonyl (C=O) groups is 3. The summed E-state index contributed by atoms with van der Waals surface area (Å²) in [6.07, 6.45) is 0. The lowest BCUT2D eigenvalue weighted by atomic mass is 10.2. The monoisotopic (exact) mass is 331 g/mol. The maximum Gasteiger partial charge on any atom is 0.337 e. The van der Waals surface area contributed by atoms with E-state index < -0.39 is 11.9 Å². The van der Waals surface area contributed by atoms with Crippen LogP contribution >= 0.6 is 0 Å². The summed E-state index contributed by atoms with van der Waals surface area (Å²) >= 11 is 0. The summed E-state index contributed by atoms with van der Waals surface area (Å²) in [7, 11) is 1.27. The molecule has 1 N–H and O–H groups in total. The smallest absolute Gasteiger partial charge is 0.337 e. The minimum Gasteiger partial charge on any atom is -0.465 e. The molecule has 0 spiro atoms. The zero-order valence-electron chi connectivity index (χ0n) is 13.5. The van der Waals surface area contributed by atoms with E-state index in [0.717, 1.165) is 0 Å². The molecule has 8 heteroatoms. The molecule has 2 rings (SSSR count). The zero-order valence-corrected chi connectivity index (χ0v) is 13.5. The van der Waals surface area contributed by atoms with Gasteiger partial charge in [0.2, 0.25) is 11.8 Å². The van der Waals surface area contributed by atoms with Gasteiger partial charge in [0.15, 0.2) is 5.82 Å². The summed E-state index contributed by atoms with van der Waals surface area (Å²) in [5, 5.41) is 6.19. The molecule has 0 radical (unpaired) electrons. The van der Waals surface area contributed by atoms with Crippen LogP contribution < -0.4 is 10.2 Å². The molecular formula is C16H17N3O5. The Morgan fingerprint density at radius 3 is 2.62 bits per heavy atom. The van der Waals surface area contributed by atoms with Gasteiger partial charge in [0.05, 0.1) is 12.7 Å². The van der Waals surface area contributed by atoms with Crippen molar-refractivity contribution in [3.63, 3.8) is 0 Å². The largest absolute Gasteiger partial charge is 0.465 e. The molecule has 24 heavy (non-hydrogen) atoms. The minimum absolute atomic E-state index is 0.230. The van der Waals surface area contributed by atoms with E-state index in [1.165, 1.54) is 25.0 Å². The lowest BCUT2D eigenvalue weighted by Gasteiger charge is -2.20. The Balaban J connectivity index is 2.16. The molecule has 0 fully saturated rings. The molecule has 1 aromatic carbocycles. The van der Waals surface area contributed by atoms with Gasteiger partial charge in [-0.25, -0.2) is 4.79 Å².